The van der Waals surface area contributed by atoms with Gasteiger partial charge in [-0.25, -0.2) is 0 Å². The lowest BCUT2D eigenvalue weighted by molar-refractivity contribution is 0.686. The number of nitrogens with one attached hydrogen (secondary N) is 1. The van der Waals surface area contributed by atoms with E-state index in [0.29, 0.717) is 0 Å². The fourth-order valence-corrected chi connectivity index (χ4v) is 2.99. The van der Waals surface area contributed by atoms with Crippen LogP contribution in [0.5, 0.6) is 0 Å². The molecule has 106 valence electrons. The highest BCUT2D eigenvalue weighted by atomic mass is 14.9. The van der Waals surface area contributed by atoms with E-state index in [9.17, 15) is 0 Å². The first-order valence-corrected chi connectivity index (χ1v) is 7.43. The molecule has 1 heterocycles. The molecule has 2 aromatic carbocycles. The quantitative estimate of drug-likeness (QED) is 0.776. The molecule has 21 heavy (non-hydrogen) atoms. The molecule has 1 N–H and O–H groups in total. The van der Waals surface area contributed by atoms with Crippen molar-refractivity contribution in [1.82, 2.24) is 10.3 Å². The summed E-state index contributed by atoms with van der Waals surface area (Å²) in [5, 5.41) is 5.91. The zero-order valence-corrected chi connectivity index (χ0v) is 12.5. The van der Waals surface area contributed by atoms with E-state index in [1.807, 2.05) is 19.4 Å². The summed E-state index contributed by atoms with van der Waals surface area (Å²) in [7, 11) is 2.01. The molecule has 0 aliphatic carbocycles. The fraction of sp³-hybridized carbons (Fsp3) is 0.211. The van der Waals surface area contributed by atoms with Crippen LogP contribution < -0.4 is 5.32 Å². The Labute approximate surface area is 125 Å². The first-order valence-electron chi connectivity index (χ1n) is 7.43. The highest BCUT2D eigenvalue weighted by Gasteiger charge is 2.17. The summed E-state index contributed by atoms with van der Waals surface area (Å²) < 4.78 is 0. The van der Waals surface area contributed by atoms with Crippen LogP contribution in [0.15, 0.2) is 60.9 Å². The number of nitrogens with zero attached hydrogens (tertiary/aromatic N) is 1. The Morgan fingerprint density at radius 2 is 1.71 bits per heavy atom. The third kappa shape index (κ3) is 2.55. The van der Waals surface area contributed by atoms with Crippen LogP contribution in [0.2, 0.25) is 0 Å². The lowest BCUT2D eigenvalue weighted by Gasteiger charge is -2.21. The second-order valence-corrected chi connectivity index (χ2v) is 5.22. The van der Waals surface area contributed by atoms with Gasteiger partial charge in [0.25, 0.3) is 0 Å². The Morgan fingerprint density at radius 1 is 0.952 bits per heavy atom. The molecular formula is C19H20N2. The van der Waals surface area contributed by atoms with Crippen LogP contribution in [0.4, 0.5) is 0 Å². The van der Waals surface area contributed by atoms with Gasteiger partial charge in [-0.05, 0) is 35.5 Å². The van der Waals surface area contributed by atoms with E-state index in [0.717, 1.165) is 6.42 Å². The molecule has 1 aromatic heterocycles. The lowest BCUT2D eigenvalue weighted by Crippen LogP contribution is -2.19. The summed E-state index contributed by atoms with van der Waals surface area (Å²) in [6.07, 6.45) is 4.94. The maximum atomic E-state index is 4.42. The summed E-state index contributed by atoms with van der Waals surface area (Å²) in [6, 6.07) is 17.2. The third-order valence-corrected chi connectivity index (χ3v) is 4.05. The smallest absolute Gasteiger partial charge is 0.0598 e. The Kier molecular flexibility index (Phi) is 3.98. The molecule has 0 aliphatic heterocycles. The van der Waals surface area contributed by atoms with E-state index in [2.05, 4.69) is 65.8 Å². The Balaban J connectivity index is 2.19. The largest absolute Gasteiger partial charge is 0.309 e. The standard InChI is InChI=1S/C19H20N2/c1-3-14-8-4-7-11-17(14)19(20-2)18-13-21-12-15-9-5-6-10-16(15)18/h4-13,19-20H,3H2,1-2H3. The second kappa shape index (κ2) is 6.06. The number of pyridine rings is 1. The Bertz CT molecular complexity index is 744. The second-order valence-electron chi connectivity index (χ2n) is 5.22. The minimum atomic E-state index is 0.166. The van der Waals surface area contributed by atoms with Crippen LogP contribution >= 0.6 is 0 Å². The molecule has 2 nitrogen and oxygen atoms in total. The molecule has 0 bridgehead atoms. The first-order chi connectivity index (χ1) is 10.3. The topological polar surface area (TPSA) is 24.9 Å². The molecule has 1 unspecified atom stereocenters. The van der Waals surface area contributed by atoms with Crippen molar-refractivity contribution in [3.8, 4) is 0 Å². The van der Waals surface area contributed by atoms with Gasteiger partial charge in [-0.2, -0.15) is 0 Å². The number of fused-ring (bicyclic) bond motifs is 1. The summed E-state index contributed by atoms with van der Waals surface area (Å²) in [5.41, 5.74) is 3.95. The van der Waals surface area contributed by atoms with Gasteiger partial charge in [-0.3, -0.25) is 4.98 Å². The molecule has 0 aliphatic rings. The number of rotatable bonds is 4. The molecule has 1 atom stereocenters. The average Bonchev–Trinajstić information content (AvgIpc) is 2.56. The minimum absolute atomic E-state index is 0.166. The van der Waals surface area contributed by atoms with Gasteiger partial charge in [0.2, 0.25) is 0 Å². The van der Waals surface area contributed by atoms with Crippen LogP contribution in [-0.4, -0.2) is 12.0 Å². The van der Waals surface area contributed by atoms with Crippen molar-refractivity contribution >= 4 is 10.8 Å². The van der Waals surface area contributed by atoms with E-state index < -0.39 is 0 Å². The molecule has 0 amide bonds. The van der Waals surface area contributed by atoms with Crippen LogP contribution in [-0.2, 0) is 6.42 Å². The van der Waals surface area contributed by atoms with Crippen LogP contribution in [0.1, 0.15) is 29.7 Å². The van der Waals surface area contributed by atoms with Crippen molar-refractivity contribution in [2.45, 2.75) is 19.4 Å². The molecule has 3 aromatic rings. The maximum absolute atomic E-state index is 4.42. The third-order valence-electron chi connectivity index (χ3n) is 4.05. The Morgan fingerprint density at radius 3 is 2.52 bits per heavy atom. The van der Waals surface area contributed by atoms with Gasteiger partial charge >= 0.3 is 0 Å². The molecule has 0 fully saturated rings. The van der Waals surface area contributed by atoms with Crippen molar-refractivity contribution in [2.75, 3.05) is 7.05 Å². The Hall–Kier alpha value is -2.19. The van der Waals surface area contributed by atoms with E-state index in [1.165, 1.54) is 27.5 Å². The zero-order valence-electron chi connectivity index (χ0n) is 12.5. The summed E-state index contributed by atoms with van der Waals surface area (Å²) in [4.78, 5) is 4.42. The lowest BCUT2D eigenvalue weighted by atomic mass is 9.92. The number of hydrogen-bond acceptors (Lipinski definition) is 2. The van der Waals surface area contributed by atoms with E-state index >= 15 is 0 Å². The SMILES string of the molecule is CCc1ccccc1C(NC)c1cncc2ccccc12. The predicted octanol–water partition coefficient (Wildman–Crippen LogP) is 4.11. The maximum Gasteiger partial charge on any atom is 0.0598 e. The van der Waals surface area contributed by atoms with Crippen molar-refractivity contribution < 1.29 is 0 Å². The number of aryl methyl sites for hydroxylation is 1. The average molecular weight is 276 g/mol. The van der Waals surface area contributed by atoms with E-state index in [-0.39, 0.29) is 6.04 Å². The van der Waals surface area contributed by atoms with Crippen LogP contribution in [0, 0.1) is 0 Å². The summed E-state index contributed by atoms with van der Waals surface area (Å²) >= 11 is 0. The van der Waals surface area contributed by atoms with Gasteiger partial charge in [-0.15, -0.1) is 0 Å². The normalized spacial score (nSPS) is 12.5. The van der Waals surface area contributed by atoms with Crippen molar-refractivity contribution in [1.29, 1.82) is 0 Å². The monoisotopic (exact) mass is 276 g/mol. The van der Waals surface area contributed by atoms with Gasteiger partial charge in [-0.1, -0.05) is 55.5 Å². The van der Waals surface area contributed by atoms with Crippen molar-refractivity contribution in [2.24, 2.45) is 0 Å². The first kappa shape index (κ1) is 13.8. The predicted molar refractivity (Wildman–Crippen MR) is 88.5 cm³/mol. The molecule has 0 saturated heterocycles. The van der Waals surface area contributed by atoms with E-state index in [1.54, 1.807) is 0 Å². The highest BCUT2D eigenvalue weighted by Crippen LogP contribution is 2.29. The molecule has 0 saturated carbocycles. The van der Waals surface area contributed by atoms with Crippen molar-refractivity contribution in [3.63, 3.8) is 0 Å². The van der Waals surface area contributed by atoms with Crippen molar-refractivity contribution in [3.05, 3.63) is 77.6 Å². The molecular weight excluding hydrogens is 256 g/mol. The molecule has 3 rings (SSSR count). The molecule has 2 heteroatoms. The van der Waals surface area contributed by atoms with Gasteiger partial charge < -0.3 is 5.32 Å². The van der Waals surface area contributed by atoms with Gasteiger partial charge in [0.15, 0.2) is 0 Å². The minimum Gasteiger partial charge on any atom is -0.309 e. The number of hydrogen-bond donors (Lipinski definition) is 1. The zero-order chi connectivity index (χ0) is 14.7. The fourth-order valence-electron chi connectivity index (χ4n) is 2.99. The molecule has 0 radical (unpaired) electrons. The van der Waals surface area contributed by atoms with Gasteiger partial charge in [0.1, 0.15) is 0 Å². The van der Waals surface area contributed by atoms with Gasteiger partial charge in [0, 0.05) is 17.8 Å². The number of aromatic nitrogens is 1. The molecule has 0 spiro atoms. The van der Waals surface area contributed by atoms with Gasteiger partial charge in [0.05, 0.1) is 6.04 Å². The number of benzene rings is 2. The van der Waals surface area contributed by atoms with E-state index in [4.69, 9.17) is 0 Å². The summed E-state index contributed by atoms with van der Waals surface area (Å²) in [5.74, 6) is 0. The summed E-state index contributed by atoms with van der Waals surface area (Å²) in [6.45, 7) is 2.20. The van der Waals surface area contributed by atoms with Crippen LogP contribution in [0.25, 0.3) is 10.8 Å². The van der Waals surface area contributed by atoms with Crippen LogP contribution in [0.3, 0.4) is 0 Å². The highest BCUT2D eigenvalue weighted by molar-refractivity contribution is 5.85.